The summed E-state index contributed by atoms with van der Waals surface area (Å²) in [6, 6.07) is 15.2. The van der Waals surface area contributed by atoms with Crippen LogP contribution in [0.3, 0.4) is 0 Å². The van der Waals surface area contributed by atoms with E-state index in [-0.39, 0.29) is 11.9 Å². The number of aryl methyl sites for hydroxylation is 1. The Balaban J connectivity index is 1.68. The summed E-state index contributed by atoms with van der Waals surface area (Å²) >= 11 is 12.8. The van der Waals surface area contributed by atoms with Crippen molar-refractivity contribution in [3.8, 4) is 22.4 Å². The molecule has 1 aliphatic heterocycles. The van der Waals surface area contributed by atoms with E-state index in [1.54, 1.807) is 11.4 Å². The van der Waals surface area contributed by atoms with Gasteiger partial charge in [-0.05, 0) is 70.5 Å². The summed E-state index contributed by atoms with van der Waals surface area (Å²) in [6.45, 7) is 7.41. The van der Waals surface area contributed by atoms with E-state index in [1.807, 2.05) is 62.4 Å². The first-order chi connectivity index (χ1) is 17.8. The number of amides is 1. The highest BCUT2D eigenvalue weighted by Gasteiger charge is 2.40. The zero-order chi connectivity index (χ0) is 26.2. The highest BCUT2D eigenvalue weighted by molar-refractivity contribution is 6.33. The van der Waals surface area contributed by atoms with Gasteiger partial charge in [-0.3, -0.25) is 10.1 Å². The van der Waals surface area contributed by atoms with Gasteiger partial charge in [0.25, 0.3) is 0 Å². The van der Waals surface area contributed by atoms with Gasteiger partial charge in [-0.25, -0.2) is 4.98 Å². The van der Waals surface area contributed by atoms with E-state index in [1.165, 1.54) is 0 Å². The number of hydrogen-bond donors (Lipinski definition) is 3. The van der Waals surface area contributed by atoms with Crippen molar-refractivity contribution in [3.63, 3.8) is 0 Å². The number of piperidine rings is 1. The molecule has 0 saturated carbocycles. The monoisotopic (exact) mass is 537 g/mol. The van der Waals surface area contributed by atoms with Crippen molar-refractivity contribution in [1.29, 1.82) is 0 Å². The lowest BCUT2D eigenvalue weighted by Crippen LogP contribution is -2.61. The minimum Gasteiger partial charge on any atom is -0.317 e. The van der Waals surface area contributed by atoms with Gasteiger partial charge >= 0.3 is 0 Å². The molecule has 1 aliphatic rings. The molecule has 0 atom stereocenters. The van der Waals surface area contributed by atoms with Crippen LogP contribution in [0.4, 0.5) is 5.95 Å². The van der Waals surface area contributed by atoms with Gasteiger partial charge in [-0.15, -0.1) is 0 Å². The van der Waals surface area contributed by atoms with Crippen LogP contribution in [0.1, 0.15) is 32.5 Å². The number of halogens is 2. The van der Waals surface area contributed by atoms with Crippen LogP contribution in [0.2, 0.25) is 10.0 Å². The lowest BCUT2D eigenvalue weighted by Gasteiger charge is -2.38. The number of nitrogens with one attached hydrogen (secondary N) is 3. The molecule has 1 saturated heterocycles. The topological polar surface area (TPSA) is 96.2 Å². The second kappa shape index (κ2) is 10.4. The van der Waals surface area contributed by atoms with Crippen LogP contribution in [0.5, 0.6) is 0 Å². The van der Waals surface area contributed by atoms with Gasteiger partial charge in [0, 0.05) is 16.6 Å². The number of carbonyl (C=O) groups excluding carboxylic acids is 1. The summed E-state index contributed by atoms with van der Waals surface area (Å²) in [5.74, 6) is 0.689. The Morgan fingerprint density at radius 2 is 1.76 bits per heavy atom. The molecule has 0 bridgehead atoms. The first-order valence-corrected chi connectivity index (χ1v) is 13.1. The van der Waals surface area contributed by atoms with Gasteiger partial charge in [-0.1, -0.05) is 53.5 Å². The van der Waals surface area contributed by atoms with Crippen molar-refractivity contribution in [3.05, 3.63) is 64.4 Å². The minimum absolute atomic E-state index is 0.134. The highest BCUT2D eigenvalue weighted by atomic mass is 35.5. The summed E-state index contributed by atoms with van der Waals surface area (Å²) in [6.07, 6.45) is 1.34. The van der Waals surface area contributed by atoms with E-state index in [0.717, 1.165) is 29.8 Å². The molecule has 1 amide bonds. The standard InChI is InChI=1S/C27H29Cl2N7O/c1-16(2)34-27(12-14-30-15-13-27)25(37)33-26-32-17(3)31-24-22(18-8-10-19(28)11-9-18)23(35-36(24)26)20-6-4-5-7-21(20)29/h4-11,16,30,34H,12-15H2,1-3H3,(H,31,32,33,37). The predicted molar refractivity (Wildman–Crippen MR) is 148 cm³/mol. The van der Waals surface area contributed by atoms with E-state index in [9.17, 15) is 4.79 Å². The van der Waals surface area contributed by atoms with Gasteiger partial charge in [0.15, 0.2) is 5.65 Å². The Hall–Kier alpha value is -3.04. The fourth-order valence-corrected chi connectivity index (χ4v) is 5.26. The number of hydrogen-bond acceptors (Lipinski definition) is 6. The van der Waals surface area contributed by atoms with Gasteiger partial charge in [-0.2, -0.15) is 14.6 Å². The van der Waals surface area contributed by atoms with Crippen molar-refractivity contribution in [1.82, 2.24) is 30.2 Å². The van der Waals surface area contributed by atoms with E-state index in [0.29, 0.717) is 46.0 Å². The quantitative estimate of drug-likeness (QED) is 0.315. The van der Waals surface area contributed by atoms with Crippen LogP contribution in [0.25, 0.3) is 28.0 Å². The summed E-state index contributed by atoms with van der Waals surface area (Å²) in [7, 11) is 0. The molecular weight excluding hydrogens is 509 g/mol. The van der Waals surface area contributed by atoms with Crippen molar-refractivity contribution >= 4 is 40.7 Å². The van der Waals surface area contributed by atoms with Crippen LogP contribution in [0, 0.1) is 6.92 Å². The van der Waals surface area contributed by atoms with E-state index < -0.39 is 5.54 Å². The third-order valence-electron chi connectivity index (χ3n) is 6.54. The molecule has 192 valence electrons. The van der Waals surface area contributed by atoms with E-state index in [4.69, 9.17) is 33.3 Å². The first-order valence-electron chi connectivity index (χ1n) is 12.4. The number of carbonyl (C=O) groups is 1. The maximum Gasteiger partial charge on any atom is 0.247 e. The Labute approximate surface area is 225 Å². The molecule has 8 nitrogen and oxygen atoms in total. The molecule has 4 aromatic rings. The summed E-state index contributed by atoms with van der Waals surface area (Å²) in [5.41, 5.74) is 2.91. The molecule has 37 heavy (non-hydrogen) atoms. The summed E-state index contributed by atoms with van der Waals surface area (Å²) in [4.78, 5) is 23.1. The Morgan fingerprint density at radius 3 is 2.43 bits per heavy atom. The first kappa shape index (κ1) is 25.6. The van der Waals surface area contributed by atoms with Crippen molar-refractivity contribution in [2.24, 2.45) is 0 Å². The molecule has 3 N–H and O–H groups in total. The third-order valence-corrected chi connectivity index (χ3v) is 7.12. The number of anilines is 1. The summed E-state index contributed by atoms with van der Waals surface area (Å²) in [5, 5.41) is 16.0. The zero-order valence-electron chi connectivity index (χ0n) is 21.0. The molecule has 10 heteroatoms. The average molecular weight is 538 g/mol. The van der Waals surface area contributed by atoms with Crippen LogP contribution in [-0.4, -0.2) is 50.2 Å². The van der Waals surface area contributed by atoms with Crippen molar-refractivity contribution in [2.75, 3.05) is 18.4 Å². The normalized spacial score (nSPS) is 15.3. The fourth-order valence-electron chi connectivity index (χ4n) is 4.91. The molecule has 2 aromatic carbocycles. The molecule has 0 radical (unpaired) electrons. The molecule has 0 unspecified atom stereocenters. The second-order valence-corrected chi connectivity index (χ2v) is 10.5. The molecule has 3 heterocycles. The SMILES string of the molecule is Cc1nc(NC(=O)C2(NC(C)C)CCNCC2)n2nc(-c3ccccc3Cl)c(-c3ccc(Cl)cc3)c2n1. The second-order valence-electron chi connectivity index (χ2n) is 9.63. The van der Waals surface area contributed by atoms with Crippen LogP contribution >= 0.6 is 23.2 Å². The van der Waals surface area contributed by atoms with Crippen molar-refractivity contribution in [2.45, 2.75) is 45.2 Å². The number of nitrogens with zero attached hydrogens (tertiary/aromatic N) is 4. The number of benzene rings is 2. The molecule has 1 fully saturated rings. The Morgan fingerprint density at radius 1 is 1.05 bits per heavy atom. The lowest BCUT2D eigenvalue weighted by molar-refractivity contribution is -0.123. The maximum atomic E-state index is 13.8. The van der Waals surface area contributed by atoms with Crippen LogP contribution < -0.4 is 16.0 Å². The van der Waals surface area contributed by atoms with Gasteiger partial charge in [0.2, 0.25) is 11.9 Å². The van der Waals surface area contributed by atoms with E-state index in [2.05, 4.69) is 20.9 Å². The number of aromatic nitrogens is 4. The maximum absolute atomic E-state index is 13.8. The van der Waals surface area contributed by atoms with Gasteiger partial charge < -0.3 is 10.6 Å². The number of rotatable bonds is 6. The van der Waals surface area contributed by atoms with Crippen LogP contribution in [-0.2, 0) is 4.79 Å². The average Bonchev–Trinajstić information content (AvgIpc) is 3.24. The zero-order valence-corrected chi connectivity index (χ0v) is 22.5. The predicted octanol–water partition coefficient (Wildman–Crippen LogP) is 5.13. The molecule has 5 rings (SSSR count). The lowest BCUT2D eigenvalue weighted by atomic mass is 9.86. The number of fused-ring (bicyclic) bond motifs is 1. The highest BCUT2D eigenvalue weighted by Crippen LogP contribution is 2.38. The van der Waals surface area contributed by atoms with E-state index >= 15 is 0 Å². The molecular formula is C27H29Cl2N7O. The molecule has 0 aliphatic carbocycles. The Kier molecular flexibility index (Phi) is 7.18. The van der Waals surface area contributed by atoms with Gasteiger partial charge in [0.05, 0.1) is 10.6 Å². The molecule has 0 spiro atoms. The minimum atomic E-state index is -0.706. The van der Waals surface area contributed by atoms with Gasteiger partial charge in [0.1, 0.15) is 17.1 Å². The third kappa shape index (κ3) is 5.07. The van der Waals surface area contributed by atoms with Crippen LogP contribution in [0.15, 0.2) is 48.5 Å². The fraction of sp³-hybridized carbons (Fsp3) is 0.333. The largest absolute Gasteiger partial charge is 0.317 e. The Bertz CT molecular complexity index is 1440. The summed E-state index contributed by atoms with van der Waals surface area (Å²) < 4.78 is 1.59. The van der Waals surface area contributed by atoms with Crippen molar-refractivity contribution < 1.29 is 4.79 Å². The smallest absolute Gasteiger partial charge is 0.247 e. The molecule has 2 aromatic heterocycles.